The molecule has 1 saturated carbocycles. The van der Waals surface area contributed by atoms with Gasteiger partial charge in [0.05, 0.1) is 16.9 Å². The van der Waals surface area contributed by atoms with E-state index in [4.69, 9.17) is 11.0 Å². The van der Waals surface area contributed by atoms with Crippen LogP contribution >= 0.6 is 0 Å². The summed E-state index contributed by atoms with van der Waals surface area (Å²) in [6, 6.07) is 8.25. The Morgan fingerprint density at radius 3 is 2.75 bits per heavy atom. The molecule has 1 fully saturated rings. The van der Waals surface area contributed by atoms with E-state index < -0.39 is 0 Å². The molecule has 84 valence electrons. The molecule has 0 spiro atoms. The van der Waals surface area contributed by atoms with E-state index in [1.165, 1.54) is 12.8 Å². The Labute approximate surface area is 96.5 Å². The lowest BCUT2D eigenvalue weighted by atomic mass is 10.1. The summed E-state index contributed by atoms with van der Waals surface area (Å²) in [7, 11) is 2.05. The minimum atomic E-state index is 0.497. The van der Waals surface area contributed by atoms with Crippen LogP contribution in [0, 0.1) is 17.2 Å². The van der Waals surface area contributed by atoms with Gasteiger partial charge in [-0.15, -0.1) is 0 Å². The van der Waals surface area contributed by atoms with E-state index in [1.54, 1.807) is 6.07 Å². The molecule has 1 aliphatic rings. The van der Waals surface area contributed by atoms with E-state index >= 15 is 0 Å². The van der Waals surface area contributed by atoms with E-state index in [9.17, 15) is 0 Å². The maximum atomic E-state index is 8.94. The van der Waals surface area contributed by atoms with Gasteiger partial charge in [-0.05, 0) is 37.8 Å². The number of benzene rings is 1. The van der Waals surface area contributed by atoms with Crippen molar-refractivity contribution >= 4 is 11.4 Å². The highest BCUT2D eigenvalue weighted by molar-refractivity contribution is 5.74. The molecule has 1 unspecified atom stereocenters. The first-order valence-corrected chi connectivity index (χ1v) is 5.66. The van der Waals surface area contributed by atoms with Crippen LogP contribution in [0.25, 0.3) is 0 Å². The predicted molar refractivity (Wildman–Crippen MR) is 66.2 cm³/mol. The Bertz CT molecular complexity index is 429. The van der Waals surface area contributed by atoms with Crippen molar-refractivity contribution in [1.82, 2.24) is 0 Å². The van der Waals surface area contributed by atoms with Crippen LogP contribution in [0.5, 0.6) is 0 Å². The van der Waals surface area contributed by atoms with Crippen molar-refractivity contribution in [2.75, 3.05) is 17.7 Å². The lowest BCUT2D eigenvalue weighted by Gasteiger charge is -2.28. The number of anilines is 2. The SMILES string of the molecule is CC(C1CC1)N(C)c1cccc(C#N)c1N. The van der Waals surface area contributed by atoms with E-state index in [2.05, 4.69) is 24.9 Å². The molecule has 3 nitrogen and oxygen atoms in total. The van der Waals surface area contributed by atoms with Gasteiger partial charge in [-0.25, -0.2) is 0 Å². The second kappa shape index (κ2) is 4.05. The number of nitrogens with zero attached hydrogens (tertiary/aromatic N) is 2. The molecule has 0 aromatic heterocycles. The van der Waals surface area contributed by atoms with Gasteiger partial charge in [0.15, 0.2) is 0 Å². The lowest BCUT2D eigenvalue weighted by molar-refractivity contribution is 0.610. The monoisotopic (exact) mass is 215 g/mol. The van der Waals surface area contributed by atoms with Gasteiger partial charge in [0.1, 0.15) is 6.07 Å². The zero-order valence-corrected chi connectivity index (χ0v) is 9.77. The van der Waals surface area contributed by atoms with Crippen LogP contribution in [0.3, 0.4) is 0 Å². The maximum Gasteiger partial charge on any atom is 0.101 e. The van der Waals surface area contributed by atoms with Crippen LogP contribution < -0.4 is 10.6 Å². The van der Waals surface area contributed by atoms with Crippen LogP contribution in [0.2, 0.25) is 0 Å². The zero-order valence-electron chi connectivity index (χ0n) is 9.77. The second-order valence-electron chi connectivity index (χ2n) is 4.54. The largest absolute Gasteiger partial charge is 0.396 e. The summed E-state index contributed by atoms with van der Waals surface area (Å²) in [6.45, 7) is 2.22. The Balaban J connectivity index is 2.29. The molecule has 1 aromatic rings. The van der Waals surface area contributed by atoms with Gasteiger partial charge < -0.3 is 10.6 Å². The normalized spacial score (nSPS) is 16.6. The molecule has 0 bridgehead atoms. The highest BCUT2D eigenvalue weighted by Gasteiger charge is 2.31. The van der Waals surface area contributed by atoms with Gasteiger partial charge in [-0.2, -0.15) is 5.26 Å². The molecular formula is C13H17N3. The predicted octanol–water partition coefficient (Wildman–Crippen LogP) is 2.38. The minimum absolute atomic E-state index is 0.497. The van der Waals surface area contributed by atoms with E-state index in [-0.39, 0.29) is 0 Å². The molecule has 0 amide bonds. The summed E-state index contributed by atoms with van der Waals surface area (Å²) in [6.07, 6.45) is 2.62. The van der Waals surface area contributed by atoms with Gasteiger partial charge in [-0.1, -0.05) is 6.07 Å². The second-order valence-corrected chi connectivity index (χ2v) is 4.54. The Hall–Kier alpha value is -1.69. The third-order valence-electron chi connectivity index (χ3n) is 3.50. The van der Waals surface area contributed by atoms with Crippen molar-refractivity contribution in [2.45, 2.75) is 25.8 Å². The molecule has 1 aromatic carbocycles. The first-order chi connectivity index (χ1) is 7.65. The molecule has 1 atom stereocenters. The van der Waals surface area contributed by atoms with Crippen LogP contribution in [0.1, 0.15) is 25.3 Å². The van der Waals surface area contributed by atoms with Crippen LogP contribution in [0.15, 0.2) is 18.2 Å². The third kappa shape index (κ3) is 1.83. The number of rotatable bonds is 3. The molecule has 0 heterocycles. The molecule has 3 heteroatoms. The first kappa shape index (κ1) is 10.8. The molecular weight excluding hydrogens is 198 g/mol. The summed E-state index contributed by atoms with van der Waals surface area (Å²) < 4.78 is 0. The van der Waals surface area contributed by atoms with Gasteiger partial charge in [0.2, 0.25) is 0 Å². The smallest absolute Gasteiger partial charge is 0.101 e. The molecule has 0 saturated heterocycles. The van der Waals surface area contributed by atoms with Gasteiger partial charge >= 0.3 is 0 Å². The number of hydrogen-bond donors (Lipinski definition) is 1. The van der Waals surface area contributed by atoms with Crippen molar-refractivity contribution in [1.29, 1.82) is 5.26 Å². The fourth-order valence-electron chi connectivity index (χ4n) is 2.07. The Kier molecular flexibility index (Phi) is 2.74. The average molecular weight is 215 g/mol. The molecule has 0 aliphatic heterocycles. The maximum absolute atomic E-state index is 8.94. The van der Waals surface area contributed by atoms with E-state index in [0.717, 1.165) is 11.6 Å². The van der Waals surface area contributed by atoms with Crippen LogP contribution in [-0.4, -0.2) is 13.1 Å². The highest BCUT2D eigenvalue weighted by Crippen LogP contribution is 2.37. The third-order valence-corrected chi connectivity index (χ3v) is 3.50. The molecule has 0 radical (unpaired) electrons. The number of hydrogen-bond acceptors (Lipinski definition) is 3. The van der Waals surface area contributed by atoms with E-state index in [1.807, 2.05) is 12.1 Å². The van der Waals surface area contributed by atoms with Crippen LogP contribution in [0.4, 0.5) is 11.4 Å². The summed E-state index contributed by atoms with van der Waals surface area (Å²) in [5.74, 6) is 0.787. The van der Waals surface area contributed by atoms with Gasteiger partial charge in [-0.3, -0.25) is 0 Å². The summed E-state index contributed by atoms with van der Waals surface area (Å²) in [5, 5.41) is 8.94. The number of nitrogens with two attached hydrogens (primary N) is 1. The first-order valence-electron chi connectivity index (χ1n) is 5.66. The summed E-state index contributed by atoms with van der Waals surface area (Å²) in [4.78, 5) is 2.19. The topological polar surface area (TPSA) is 53.0 Å². The van der Waals surface area contributed by atoms with E-state index in [0.29, 0.717) is 17.3 Å². The Morgan fingerprint density at radius 1 is 1.50 bits per heavy atom. The summed E-state index contributed by atoms with van der Waals surface area (Å²) >= 11 is 0. The van der Waals surface area contributed by atoms with Gasteiger partial charge in [0.25, 0.3) is 0 Å². The number of para-hydroxylation sites is 1. The number of nitrogen functional groups attached to an aromatic ring is 1. The van der Waals surface area contributed by atoms with Crippen molar-refractivity contribution < 1.29 is 0 Å². The average Bonchev–Trinajstić information content (AvgIpc) is 3.11. The number of nitriles is 1. The fourth-order valence-corrected chi connectivity index (χ4v) is 2.07. The standard InChI is InChI=1S/C13H17N3/c1-9(10-6-7-10)16(2)12-5-3-4-11(8-14)13(12)15/h3-5,9-10H,6-7,15H2,1-2H3. The van der Waals surface area contributed by atoms with Crippen LogP contribution in [-0.2, 0) is 0 Å². The van der Waals surface area contributed by atoms with Crippen molar-refractivity contribution in [3.63, 3.8) is 0 Å². The molecule has 16 heavy (non-hydrogen) atoms. The lowest BCUT2D eigenvalue weighted by Crippen LogP contribution is -2.31. The van der Waals surface area contributed by atoms with Crippen molar-refractivity contribution in [2.24, 2.45) is 5.92 Å². The van der Waals surface area contributed by atoms with Crippen molar-refractivity contribution in [3.8, 4) is 6.07 Å². The molecule has 2 rings (SSSR count). The zero-order chi connectivity index (χ0) is 11.7. The molecule has 1 aliphatic carbocycles. The van der Waals surface area contributed by atoms with Gasteiger partial charge in [0, 0.05) is 13.1 Å². The van der Waals surface area contributed by atoms with Crippen molar-refractivity contribution in [3.05, 3.63) is 23.8 Å². The summed E-state index contributed by atoms with van der Waals surface area (Å²) in [5.41, 5.74) is 8.12. The fraction of sp³-hybridized carbons (Fsp3) is 0.462. The Morgan fingerprint density at radius 2 is 2.19 bits per heavy atom. The molecule has 2 N–H and O–H groups in total. The quantitative estimate of drug-likeness (QED) is 0.787. The minimum Gasteiger partial charge on any atom is -0.396 e. The highest BCUT2D eigenvalue weighted by atomic mass is 15.1.